The number of nitrogens with zero attached hydrogens (tertiary/aromatic N) is 3. The topological polar surface area (TPSA) is 99.4 Å². The second-order valence-electron chi connectivity index (χ2n) is 3.62. The van der Waals surface area contributed by atoms with Gasteiger partial charge in [0.2, 0.25) is 0 Å². The number of fused-ring (bicyclic) bond motifs is 1. The normalized spacial score (nSPS) is 14.8. The van der Waals surface area contributed by atoms with Crippen molar-refractivity contribution in [2.24, 2.45) is 0 Å². The average molecular weight is 218 g/mol. The molecule has 1 aliphatic rings. The van der Waals surface area contributed by atoms with E-state index in [0.29, 0.717) is 18.1 Å². The van der Waals surface area contributed by atoms with Crippen LogP contribution in [-0.4, -0.2) is 31.9 Å². The van der Waals surface area contributed by atoms with E-state index in [2.05, 4.69) is 30.7 Å². The molecule has 0 fully saturated rings. The van der Waals surface area contributed by atoms with Crippen molar-refractivity contribution in [3.63, 3.8) is 0 Å². The number of hydrogen-bond acceptors (Lipinski definition) is 5. The molecule has 3 N–H and O–H groups in total. The number of aromatic nitrogens is 5. The molecule has 0 atom stereocenters. The summed E-state index contributed by atoms with van der Waals surface area (Å²) in [5.41, 5.74) is 2.02. The van der Waals surface area contributed by atoms with Gasteiger partial charge in [0.1, 0.15) is 5.69 Å². The molecular weight excluding hydrogens is 208 g/mol. The van der Waals surface area contributed by atoms with Crippen LogP contribution < -0.4 is 10.9 Å². The van der Waals surface area contributed by atoms with Gasteiger partial charge in [-0.3, -0.25) is 4.79 Å². The molecule has 0 spiro atoms. The largest absolute Gasteiger partial charge is 0.312 e. The van der Waals surface area contributed by atoms with Crippen molar-refractivity contribution < 1.29 is 0 Å². The highest BCUT2D eigenvalue weighted by molar-refractivity contribution is 5.47. The fourth-order valence-corrected chi connectivity index (χ4v) is 1.79. The Bertz CT molecular complexity index is 558. The van der Waals surface area contributed by atoms with Crippen LogP contribution in [0.5, 0.6) is 0 Å². The molecule has 3 rings (SSSR count). The Labute approximate surface area is 90.3 Å². The van der Waals surface area contributed by atoms with E-state index in [4.69, 9.17) is 0 Å². The van der Waals surface area contributed by atoms with E-state index >= 15 is 0 Å². The summed E-state index contributed by atoms with van der Waals surface area (Å²) in [5.74, 6) is 0.472. The first-order valence-electron chi connectivity index (χ1n) is 5.03. The summed E-state index contributed by atoms with van der Waals surface area (Å²) in [6.45, 7) is 1.43. The Hall–Kier alpha value is -2.02. The van der Waals surface area contributed by atoms with Gasteiger partial charge >= 0.3 is 0 Å². The first-order chi connectivity index (χ1) is 7.84. The van der Waals surface area contributed by atoms with Crippen LogP contribution in [0.2, 0.25) is 0 Å². The van der Waals surface area contributed by atoms with Gasteiger partial charge in [0.15, 0.2) is 5.82 Å². The number of hydrogen-bond donors (Lipinski definition) is 3. The van der Waals surface area contributed by atoms with Crippen LogP contribution in [0.15, 0.2) is 11.0 Å². The summed E-state index contributed by atoms with van der Waals surface area (Å²) in [7, 11) is 0. The molecule has 0 radical (unpaired) electrons. The third-order valence-electron chi connectivity index (χ3n) is 2.60. The molecule has 82 valence electrons. The van der Waals surface area contributed by atoms with Crippen LogP contribution >= 0.6 is 0 Å². The van der Waals surface area contributed by atoms with E-state index in [1.807, 2.05) is 0 Å². The molecule has 1 aliphatic heterocycles. The van der Waals surface area contributed by atoms with Gasteiger partial charge in [-0.1, -0.05) is 0 Å². The van der Waals surface area contributed by atoms with Gasteiger partial charge < -0.3 is 10.3 Å². The van der Waals surface area contributed by atoms with Crippen molar-refractivity contribution in [3.8, 4) is 11.5 Å². The van der Waals surface area contributed by atoms with Gasteiger partial charge in [0.05, 0.1) is 17.5 Å². The molecule has 0 saturated carbocycles. The lowest BCUT2D eigenvalue weighted by Gasteiger charge is -2.15. The number of nitrogens with one attached hydrogen (secondary N) is 3. The lowest BCUT2D eigenvalue weighted by Crippen LogP contribution is -2.31. The molecular formula is C9H10N6O. The van der Waals surface area contributed by atoms with E-state index < -0.39 is 0 Å². The summed E-state index contributed by atoms with van der Waals surface area (Å²) in [4.78, 5) is 18.9. The predicted octanol–water partition coefficient (Wildman–Crippen LogP) is -0.799. The third kappa shape index (κ3) is 1.41. The Balaban J connectivity index is 2.16. The smallest absolute Gasteiger partial charge is 0.255 e. The van der Waals surface area contributed by atoms with Gasteiger partial charge in [-0.05, 0) is 0 Å². The van der Waals surface area contributed by atoms with Crippen LogP contribution in [0.3, 0.4) is 0 Å². The minimum Gasteiger partial charge on any atom is -0.312 e. The maximum atomic E-state index is 11.8. The lowest BCUT2D eigenvalue weighted by atomic mass is 10.1. The quantitative estimate of drug-likeness (QED) is 0.582. The second kappa shape index (κ2) is 3.53. The summed E-state index contributed by atoms with van der Waals surface area (Å²) >= 11 is 0. The minimum atomic E-state index is -0.102. The zero-order valence-corrected chi connectivity index (χ0v) is 8.45. The molecule has 0 unspecified atom stereocenters. The van der Waals surface area contributed by atoms with E-state index in [1.165, 1.54) is 6.20 Å². The van der Waals surface area contributed by atoms with Crippen LogP contribution in [0.4, 0.5) is 0 Å². The zero-order valence-electron chi connectivity index (χ0n) is 8.45. The van der Waals surface area contributed by atoms with E-state index in [-0.39, 0.29) is 5.56 Å². The Morgan fingerprint density at radius 1 is 1.38 bits per heavy atom. The first kappa shape index (κ1) is 9.22. The maximum absolute atomic E-state index is 11.8. The predicted molar refractivity (Wildman–Crippen MR) is 55.6 cm³/mol. The van der Waals surface area contributed by atoms with Crippen LogP contribution in [0, 0.1) is 0 Å². The SMILES string of the molecule is O=c1[nH]c(-c2cn[nH]n2)nc2c1CNCC2. The van der Waals surface area contributed by atoms with Crippen molar-refractivity contribution >= 4 is 0 Å². The summed E-state index contributed by atoms with van der Waals surface area (Å²) < 4.78 is 0. The molecule has 16 heavy (non-hydrogen) atoms. The summed E-state index contributed by atoms with van der Waals surface area (Å²) in [5, 5.41) is 13.2. The van der Waals surface area contributed by atoms with Crippen LogP contribution in [0.25, 0.3) is 11.5 Å². The second-order valence-corrected chi connectivity index (χ2v) is 3.62. The molecule has 0 amide bonds. The van der Waals surface area contributed by atoms with E-state index in [0.717, 1.165) is 24.2 Å². The molecule has 3 heterocycles. The summed E-state index contributed by atoms with van der Waals surface area (Å²) in [6, 6.07) is 0. The molecule has 2 aromatic rings. The summed E-state index contributed by atoms with van der Waals surface area (Å²) in [6.07, 6.45) is 2.30. The molecule has 0 saturated heterocycles. The monoisotopic (exact) mass is 218 g/mol. The van der Waals surface area contributed by atoms with Crippen molar-refractivity contribution in [2.45, 2.75) is 13.0 Å². The van der Waals surface area contributed by atoms with Gasteiger partial charge in [-0.2, -0.15) is 15.4 Å². The van der Waals surface area contributed by atoms with Gasteiger partial charge in [0.25, 0.3) is 5.56 Å². The van der Waals surface area contributed by atoms with E-state index in [9.17, 15) is 4.79 Å². The maximum Gasteiger partial charge on any atom is 0.255 e. The van der Waals surface area contributed by atoms with Crippen molar-refractivity contribution in [1.82, 2.24) is 30.7 Å². The molecule has 7 heteroatoms. The Kier molecular flexibility index (Phi) is 2.03. The van der Waals surface area contributed by atoms with E-state index in [1.54, 1.807) is 0 Å². The van der Waals surface area contributed by atoms with Crippen LogP contribution in [0.1, 0.15) is 11.3 Å². The molecule has 0 aromatic carbocycles. The lowest BCUT2D eigenvalue weighted by molar-refractivity contribution is 0.621. The van der Waals surface area contributed by atoms with Gasteiger partial charge in [-0.15, -0.1) is 0 Å². The number of aromatic amines is 2. The fraction of sp³-hybridized carbons (Fsp3) is 0.333. The van der Waals surface area contributed by atoms with Crippen molar-refractivity contribution in [3.05, 3.63) is 27.8 Å². The fourth-order valence-electron chi connectivity index (χ4n) is 1.79. The molecule has 0 aliphatic carbocycles. The standard InChI is InChI=1S/C9H10N6O/c16-9-5-3-10-2-1-6(5)12-8(13-9)7-4-11-15-14-7/h4,10H,1-3H2,(H,11,14,15)(H,12,13,16). The molecule has 0 bridgehead atoms. The third-order valence-corrected chi connectivity index (χ3v) is 2.60. The van der Waals surface area contributed by atoms with Crippen molar-refractivity contribution in [2.75, 3.05) is 6.54 Å². The minimum absolute atomic E-state index is 0.102. The van der Waals surface area contributed by atoms with Crippen molar-refractivity contribution in [1.29, 1.82) is 0 Å². The molecule has 2 aromatic heterocycles. The van der Waals surface area contributed by atoms with Gasteiger partial charge in [0, 0.05) is 19.5 Å². The first-order valence-corrected chi connectivity index (χ1v) is 5.03. The highest BCUT2D eigenvalue weighted by atomic mass is 16.1. The Morgan fingerprint density at radius 2 is 2.31 bits per heavy atom. The van der Waals surface area contributed by atoms with Gasteiger partial charge in [-0.25, -0.2) is 4.98 Å². The average Bonchev–Trinajstić information content (AvgIpc) is 2.82. The van der Waals surface area contributed by atoms with Crippen LogP contribution in [-0.2, 0) is 13.0 Å². The number of rotatable bonds is 1. The molecule has 7 nitrogen and oxygen atoms in total. The Morgan fingerprint density at radius 3 is 3.12 bits per heavy atom. The highest BCUT2D eigenvalue weighted by Gasteiger charge is 2.16. The number of H-pyrrole nitrogens is 2. The zero-order chi connectivity index (χ0) is 11.0. The highest BCUT2D eigenvalue weighted by Crippen LogP contribution is 2.12.